The molecule has 0 fully saturated rings. The molecule has 0 unspecified atom stereocenters. The molecule has 3 aromatic rings. The van der Waals surface area contributed by atoms with Crippen LogP contribution in [-0.2, 0) is 17.1 Å². The monoisotopic (exact) mass is 359 g/mol. The standard InChI is InChI=1S/C12H10ClN3O2S3/c1-16-8-4-2-3-5-9(8)19-12(16)14-15-21(17,18)11-7-6-10(13)20-11/h2-7,15H,1H3/b14-12+. The van der Waals surface area contributed by atoms with Crippen LogP contribution in [-0.4, -0.2) is 13.0 Å². The third-order valence-corrected chi connectivity index (χ3v) is 6.83. The van der Waals surface area contributed by atoms with Crippen LogP contribution in [0.4, 0.5) is 0 Å². The molecular weight excluding hydrogens is 350 g/mol. The van der Waals surface area contributed by atoms with E-state index in [9.17, 15) is 8.42 Å². The Morgan fingerprint density at radius 2 is 1.95 bits per heavy atom. The maximum absolute atomic E-state index is 12.1. The average Bonchev–Trinajstić information content (AvgIpc) is 3.02. The molecule has 0 aliphatic carbocycles. The van der Waals surface area contributed by atoms with Crippen LogP contribution in [0.2, 0.25) is 4.34 Å². The van der Waals surface area contributed by atoms with Crippen LogP contribution in [0.15, 0.2) is 45.7 Å². The molecule has 0 saturated carbocycles. The van der Waals surface area contributed by atoms with Crippen LogP contribution in [0.5, 0.6) is 0 Å². The number of aryl methyl sites for hydroxylation is 1. The maximum Gasteiger partial charge on any atom is 0.286 e. The summed E-state index contributed by atoms with van der Waals surface area (Å²) in [5.74, 6) is 0. The number of sulfonamides is 1. The van der Waals surface area contributed by atoms with E-state index in [-0.39, 0.29) is 4.21 Å². The number of benzene rings is 1. The van der Waals surface area contributed by atoms with E-state index in [4.69, 9.17) is 11.6 Å². The van der Waals surface area contributed by atoms with Gasteiger partial charge < -0.3 is 4.57 Å². The van der Waals surface area contributed by atoms with E-state index in [1.165, 1.54) is 17.4 Å². The van der Waals surface area contributed by atoms with Crippen molar-refractivity contribution in [1.29, 1.82) is 0 Å². The Hall–Kier alpha value is -1.35. The Morgan fingerprint density at radius 3 is 2.62 bits per heavy atom. The van der Waals surface area contributed by atoms with Crippen LogP contribution >= 0.6 is 34.3 Å². The summed E-state index contributed by atoms with van der Waals surface area (Å²) in [6, 6.07) is 10.8. The van der Waals surface area contributed by atoms with Gasteiger partial charge in [0.1, 0.15) is 4.21 Å². The van der Waals surface area contributed by atoms with Gasteiger partial charge in [-0.3, -0.25) is 0 Å². The normalized spacial score (nSPS) is 13.0. The number of halogens is 1. The fraction of sp³-hybridized carbons (Fsp3) is 0.0833. The highest BCUT2D eigenvalue weighted by atomic mass is 35.5. The van der Waals surface area contributed by atoms with E-state index in [1.54, 1.807) is 6.07 Å². The minimum atomic E-state index is -3.68. The molecule has 2 heterocycles. The molecule has 1 N–H and O–H groups in total. The van der Waals surface area contributed by atoms with Crippen molar-refractivity contribution < 1.29 is 8.42 Å². The molecule has 2 aromatic heterocycles. The smallest absolute Gasteiger partial charge is 0.286 e. The molecule has 9 heteroatoms. The molecule has 0 atom stereocenters. The first-order valence-corrected chi connectivity index (χ1v) is 9.32. The first-order chi connectivity index (χ1) is 9.97. The largest absolute Gasteiger partial charge is 0.318 e. The van der Waals surface area contributed by atoms with Crippen LogP contribution in [0, 0.1) is 0 Å². The second-order valence-electron chi connectivity index (χ2n) is 4.18. The molecule has 0 spiro atoms. The average molecular weight is 360 g/mol. The van der Waals surface area contributed by atoms with Gasteiger partial charge in [0.05, 0.1) is 14.6 Å². The third-order valence-electron chi connectivity index (χ3n) is 2.79. The maximum atomic E-state index is 12.1. The van der Waals surface area contributed by atoms with Gasteiger partial charge in [-0.2, -0.15) is 13.2 Å². The Balaban J connectivity index is 2.00. The summed E-state index contributed by atoms with van der Waals surface area (Å²) in [4.78, 5) is 2.82. The lowest BCUT2D eigenvalue weighted by atomic mass is 10.3. The molecule has 3 rings (SSSR count). The van der Waals surface area contributed by atoms with Crippen LogP contribution in [0.25, 0.3) is 10.2 Å². The lowest BCUT2D eigenvalue weighted by Gasteiger charge is -1.99. The topological polar surface area (TPSA) is 63.5 Å². The van der Waals surface area contributed by atoms with Crippen molar-refractivity contribution >= 4 is 54.5 Å². The van der Waals surface area contributed by atoms with Gasteiger partial charge in [-0.1, -0.05) is 35.1 Å². The molecule has 1 aromatic carbocycles. The predicted octanol–water partition coefficient (Wildman–Crippen LogP) is 2.75. The quantitative estimate of drug-likeness (QED) is 0.731. The highest BCUT2D eigenvalue weighted by molar-refractivity contribution is 7.91. The number of para-hydroxylation sites is 1. The molecule has 21 heavy (non-hydrogen) atoms. The van der Waals surface area contributed by atoms with Crippen LogP contribution in [0.1, 0.15) is 0 Å². The lowest BCUT2D eigenvalue weighted by molar-refractivity contribution is 0.584. The van der Waals surface area contributed by atoms with Crippen molar-refractivity contribution in [3.05, 3.63) is 45.5 Å². The number of nitrogens with one attached hydrogen (secondary N) is 1. The Morgan fingerprint density at radius 1 is 1.19 bits per heavy atom. The molecule has 0 aliphatic rings. The van der Waals surface area contributed by atoms with Crippen LogP contribution < -0.4 is 9.63 Å². The second-order valence-corrected chi connectivity index (χ2v) is 8.79. The number of rotatable bonds is 3. The van der Waals surface area contributed by atoms with Crippen molar-refractivity contribution in [2.24, 2.45) is 12.1 Å². The number of hydrogen-bond acceptors (Lipinski definition) is 5. The van der Waals surface area contributed by atoms with Crippen LogP contribution in [0.3, 0.4) is 0 Å². The summed E-state index contributed by atoms with van der Waals surface area (Å²) in [5, 5.41) is 4.01. The first kappa shape index (κ1) is 14.6. The summed E-state index contributed by atoms with van der Waals surface area (Å²) in [7, 11) is -1.84. The number of nitrogens with zero attached hydrogens (tertiary/aromatic N) is 2. The predicted molar refractivity (Wildman–Crippen MR) is 86.0 cm³/mol. The van der Waals surface area contributed by atoms with E-state index in [0.717, 1.165) is 21.6 Å². The van der Waals surface area contributed by atoms with E-state index < -0.39 is 10.0 Å². The fourth-order valence-corrected chi connectivity index (χ4v) is 5.09. The summed E-state index contributed by atoms with van der Waals surface area (Å²) in [6.07, 6.45) is 0. The van der Waals surface area contributed by atoms with Gasteiger partial charge in [-0.05, 0) is 24.3 Å². The zero-order chi connectivity index (χ0) is 15.0. The van der Waals surface area contributed by atoms with Crippen molar-refractivity contribution in [3.8, 4) is 0 Å². The minimum Gasteiger partial charge on any atom is -0.318 e. The number of thiophene rings is 1. The van der Waals surface area contributed by atoms with Crippen molar-refractivity contribution in [1.82, 2.24) is 9.40 Å². The Bertz CT molecular complexity index is 969. The van der Waals surface area contributed by atoms with Crippen molar-refractivity contribution in [2.45, 2.75) is 4.21 Å². The molecule has 0 saturated heterocycles. The van der Waals surface area contributed by atoms with Gasteiger partial charge in [-0.15, -0.1) is 16.4 Å². The molecule has 0 aliphatic heterocycles. The zero-order valence-electron chi connectivity index (χ0n) is 10.8. The Labute approximate surface area is 134 Å². The van der Waals surface area contributed by atoms with Gasteiger partial charge in [0.25, 0.3) is 10.0 Å². The zero-order valence-corrected chi connectivity index (χ0v) is 14.0. The molecule has 110 valence electrons. The molecule has 0 radical (unpaired) electrons. The first-order valence-electron chi connectivity index (χ1n) is 5.83. The Kier molecular flexibility index (Phi) is 3.78. The van der Waals surface area contributed by atoms with Gasteiger partial charge in [0.15, 0.2) is 0 Å². The number of thiazole rings is 1. The molecular formula is C12H10ClN3O2S3. The lowest BCUT2D eigenvalue weighted by Crippen LogP contribution is -2.22. The summed E-state index contributed by atoms with van der Waals surface area (Å²) >= 11 is 8.16. The van der Waals surface area contributed by atoms with Gasteiger partial charge in [0, 0.05) is 7.05 Å². The highest BCUT2D eigenvalue weighted by Crippen LogP contribution is 2.25. The van der Waals surface area contributed by atoms with E-state index in [2.05, 4.69) is 9.93 Å². The molecule has 0 amide bonds. The summed E-state index contributed by atoms with van der Waals surface area (Å²) in [6.45, 7) is 0. The summed E-state index contributed by atoms with van der Waals surface area (Å²) < 4.78 is 27.6. The SMILES string of the molecule is Cn1/c(=N\NS(=O)(=O)c2ccc(Cl)s2)sc2ccccc21. The highest BCUT2D eigenvalue weighted by Gasteiger charge is 2.15. The van der Waals surface area contributed by atoms with E-state index in [0.29, 0.717) is 9.14 Å². The molecule has 5 nitrogen and oxygen atoms in total. The van der Waals surface area contributed by atoms with Gasteiger partial charge in [0.2, 0.25) is 4.80 Å². The van der Waals surface area contributed by atoms with E-state index >= 15 is 0 Å². The van der Waals surface area contributed by atoms with Gasteiger partial charge in [-0.25, -0.2) is 0 Å². The number of hydrogen-bond donors (Lipinski definition) is 1. The van der Waals surface area contributed by atoms with Crippen molar-refractivity contribution in [2.75, 3.05) is 0 Å². The fourth-order valence-electron chi connectivity index (χ4n) is 1.77. The number of aromatic nitrogens is 1. The van der Waals surface area contributed by atoms with E-state index in [1.807, 2.05) is 35.9 Å². The summed E-state index contributed by atoms with van der Waals surface area (Å²) in [5.41, 5.74) is 1.000. The van der Waals surface area contributed by atoms with Gasteiger partial charge >= 0.3 is 0 Å². The third kappa shape index (κ3) is 2.84. The van der Waals surface area contributed by atoms with Crippen molar-refractivity contribution in [3.63, 3.8) is 0 Å². The second kappa shape index (κ2) is 5.45. The number of fused-ring (bicyclic) bond motifs is 1. The molecule has 0 bridgehead atoms. The minimum absolute atomic E-state index is 0.139.